The van der Waals surface area contributed by atoms with Crippen molar-refractivity contribution in [2.45, 2.75) is 50.5 Å². The second kappa shape index (κ2) is 6.31. The Kier molecular flexibility index (Phi) is 4.16. The minimum atomic E-state index is -0.792. The van der Waals surface area contributed by atoms with Crippen LogP contribution in [0.3, 0.4) is 0 Å². The fourth-order valence-corrected chi connectivity index (χ4v) is 4.11. The monoisotopic (exact) mass is 327 g/mol. The van der Waals surface area contributed by atoms with Crippen LogP contribution >= 0.6 is 0 Å². The molecular formula is C19H25N3O2. The third-order valence-corrected chi connectivity index (χ3v) is 5.41. The van der Waals surface area contributed by atoms with Gasteiger partial charge in [0.25, 0.3) is 0 Å². The first-order valence-electron chi connectivity index (χ1n) is 8.81. The maximum Gasteiger partial charge on any atom is 0.0958 e. The zero-order valence-corrected chi connectivity index (χ0v) is 14.1. The van der Waals surface area contributed by atoms with Gasteiger partial charge in [0.05, 0.1) is 25.0 Å². The van der Waals surface area contributed by atoms with Crippen LogP contribution < -0.4 is 0 Å². The number of ether oxygens (including phenoxy) is 1. The average molecular weight is 327 g/mol. The van der Waals surface area contributed by atoms with Gasteiger partial charge in [-0.2, -0.15) is 5.10 Å². The summed E-state index contributed by atoms with van der Waals surface area (Å²) in [6, 6.07) is 11.0. The number of aryl methyl sites for hydroxylation is 1. The van der Waals surface area contributed by atoms with Crippen molar-refractivity contribution in [3.63, 3.8) is 0 Å². The molecule has 3 heterocycles. The molecule has 0 saturated carbocycles. The van der Waals surface area contributed by atoms with Crippen LogP contribution in [0.5, 0.6) is 0 Å². The lowest BCUT2D eigenvalue weighted by Crippen LogP contribution is -2.60. The zero-order valence-electron chi connectivity index (χ0n) is 14.1. The van der Waals surface area contributed by atoms with E-state index in [4.69, 9.17) is 4.74 Å². The molecule has 2 saturated heterocycles. The van der Waals surface area contributed by atoms with E-state index < -0.39 is 5.60 Å². The van der Waals surface area contributed by atoms with Crippen LogP contribution in [0.1, 0.15) is 30.9 Å². The van der Waals surface area contributed by atoms with Gasteiger partial charge in [0, 0.05) is 36.9 Å². The summed E-state index contributed by atoms with van der Waals surface area (Å²) in [7, 11) is 0. The van der Waals surface area contributed by atoms with Crippen LogP contribution in [0.2, 0.25) is 0 Å². The number of piperidine rings is 1. The van der Waals surface area contributed by atoms with Crippen molar-refractivity contribution in [2.24, 2.45) is 0 Å². The van der Waals surface area contributed by atoms with Crippen molar-refractivity contribution in [2.75, 3.05) is 13.2 Å². The summed E-state index contributed by atoms with van der Waals surface area (Å²) in [5, 5.41) is 15.7. The normalized spacial score (nSPS) is 30.4. The molecular weight excluding hydrogens is 302 g/mol. The first-order chi connectivity index (χ1) is 11.7. The first-order valence-corrected chi connectivity index (χ1v) is 8.81. The predicted molar refractivity (Wildman–Crippen MR) is 91.4 cm³/mol. The Morgan fingerprint density at radius 2 is 1.92 bits per heavy atom. The number of morpholine rings is 1. The number of aliphatic hydroxyl groups is 1. The van der Waals surface area contributed by atoms with Crippen LogP contribution in [0.4, 0.5) is 0 Å². The highest BCUT2D eigenvalue weighted by atomic mass is 16.5. The maximum absolute atomic E-state index is 11.3. The lowest BCUT2D eigenvalue weighted by Gasteiger charge is -2.51. The van der Waals surface area contributed by atoms with Gasteiger partial charge in [-0.15, -0.1) is 0 Å². The van der Waals surface area contributed by atoms with Gasteiger partial charge in [0.1, 0.15) is 0 Å². The van der Waals surface area contributed by atoms with Gasteiger partial charge >= 0.3 is 0 Å². The molecule has 2 fully saturated rings. The lowest BCUT2D eigenvalue weighted by molar-refractivity contribution is -0.149. The third kappa shape index (κ3) is 2.88. The predicted octanol–water partition coefficient (Wildman–Crippen LogP) is 2.15. The Balaban J connectivity index is 1.56. The average Bonchev–Trinajstić information content (AvgIpc) is 3.07. The lowest BCUT2D eigenvalue weighted by atomic mass is 9.77. The molecule has 1 N–H and O–H groups in total. The molecule has 5 nitrogen and oxygen atoms in total. The number of hydrogen-bond acceptors (Lipinski definition) is 4. The van der Waals surface area contributed by atoms with Crippen LogP contribution in [0.25, 0.3) is 0 Å². The number of nitrogens with zero attached hydrogens (tertiary/aromatic N) is 3. The molecule has 24 heavy (non-hydrogen) atoms. The van der Waals surface area contributed by atoms with Gasteiger partial charge in [-0.3, -0.25) is 9.58 Å². The minimum absolute atomic E-state index is 0.243. The zero-order chi connectivity index (χ0) is 16.6. The third-order valence-electron chi connectivity index (χ3n) is 5.41. The van der Waals surface area contributed by atoms with Gasteiger partial charge in [-0.1, -0.05) is 30.3 Å². The van der Waals surface area contributed by atoms with Crippen molar-refractivity contribution >= 4 is 0 Å². The van der Waals surface area contributed by atoms with Crippen molar-refractivity contribution in [1.82, 2.24) is 14.7 Å². The quantitative estimate of drug-likeness (QED) is 0.935. The highest BCUT2D eigenvalue weighted by Gasteiger charge is 2.47. The van der Waals surface area contributed by atoms with Crippen LogP contribution in [0, 0.1) is 0 Å². The van der Waals surface area contributed by atoms with E-state index in [1.54, 1.807) is 0 Å². The first kappa shape index (κ1) is 15.8. The Morgan fingerprint density at radius 1 is 1.21 bits per heavy atom. The molecule has 1 aromatic heterocycles. The Labute approximate surface area is 142 Å². The standard InChI is InChI=1S/C19H25N3O2/c1-2-21-12-16(10-20-21)19(23)8-17-13-24-14-18(9-19)22(17)11-15-6-4-3-5-7-15/h3-7,10,12,17-18,23H,2,8-9,11,13-14H2,1H3. The smallest absolute Gasteiger partial charge is 0.0958 e. The second-order valence-electron chi connectivity index (χ2n) is 7.03. The van der Waals surface area contributed by atoms with Gasteiger partial charge in [-0.25, -0.2) is 0 Å². The van der Waals surface area contributed by atoms with Crippen molar-refractivity contribution in [3.05, 3.63) is 53.9 Å². The summed E-state index contributed by atoms with van der Waals surface area (Å²) in [6.07, 6.45) is 5.22. The van der Waals surface area contributed by atoms with Gasteiger partial charge < -0.3 is 9.84 Å². The fraction of sp³-hybridized carbons (Fsp3) is 0.526. The minimum Gasteiger partial charge on any atom is -0.385 e. The van der Waals surface area contributed by atoms with E-state index in [1.807, 2.05) is 23.1 Å². The number of rotatable bonds is 4. The summed E-state index contributed by atoms with van der Waals surface area (Å²) >= 11 is 0. The van der Waals surface area contributed by atoms with Crippen LogP contribution in [0.15, 0.2) is 42.7 Å². The molecule has 0 amide bonds. The van der Waals surface area contributed by atoms with Crippen molar-refractivity contribution in [1.29, 1.82) is 0 Å². The van der Waals surface area contributed by atoms with Crippen molar-refractivity contribution in [3.8, 4) is 0 Å². The molecule has 2 bridgehead atoms. The molecule has 0 radical (unpaired) electrons. The summed E-state index contributed by atoms with van der Waals surface area (Å²) in [5.41, 5.74) is 1.47. The maximum atomic E-state index is 11.3. The summed E-state index contributed by atoms with van der Waals surface area (Å²) in [6.45, 7) is 5.18. The highest BCUT2D eigenvalue weighted by molar-refractivity contribution is 5.20. The Hall–Kier alpha value is -1.69. The topological polar surface area (TPSA) is 50.5 Å². The molecule has 2 aliphatic rings. The molecule has 0 aliphatic carbocycles. The molecule has 128 valence electrons. The number of hydrogen-bond donors (Lipinski definition) is 1. The highest BCUT2D eigenvalue weighted by Crippen LogP contribution is 2.41. The van der Waals surface area contributed by atoms with Crippen molar-refractivity contribution < 1.29 is 9.84 Å². The number of aromatic nitrogens is 2. The van der Waals surface area contributed by atoms with E-state index in [0.717, 1.165) is 18.7 Å². The summed E-state index contributed by atoms with van der Waals surface area (Å²) < 4.78 is 7.67. The number of benzene rings is 1. The molecule has 4 rings (SSSR count). The Bertz CT molecular complexity index is 671. The van der Waals surface area contributed by atoms with E-state index >= 15 is 0 Å². The van der Waals surface area contributed by atoms with Crippen LogP contribution in [-0.2, 0) is 23.4 Å². The van der Waals surface area contributed by atoms with Gasteiger partial charge in [0.15, 0.2) is 0 Å². The van der Waals surface area contributed by atoms with Crippen LogP contribution in [-0.4, -0.2) is 45.1 Å². The SMILES string of the molecule is CCn1cc(C2(O)CC3COCC(C2)N3Cc2ccccc2)cn1. The molecule has 2 aromatic rings. The van der Waals surface area contributed by atoms with E-state index in [1.165, 1.54) is 5.56 Å². The molecule has 2 aliphatic heterocycles. The Morgan fingerprint density at radius 3 is 2.54 bits per heavy atom. The van der Waals surface area contributed by atoms with E-state index in [-0.39, 0.29) is 12.1 Å². The fourth-order valence-electron chi connectivity index (χ4n) is 4.11. The second-order valence-corrected chi connectivity index (χ2v) is 7.03. The molecule has 5 heteroatoms. The van der Waals surface area contributed by atoms with Gasteiger partial charge in [0.2, 0.25) is 0 Å². The summed E-state index contributed by atoms with van der Waals surface area (Å²) in [4.78, 5) is 2.51. The number of fused-ring (bicyclic) bond motifs is 2. The van der Waals surface area contributed by atoms with E-state index in [0.29, 0.717) is 26.1 Å². The van der Waals surface area contributed by atoms with Gasteiger partial charge in [-0.05, 0) is 25.3 Å². The molecule has 0 spiro atoms. The summed E-state index contributed by atoms with van der Waals surface area (Å²) in [5.74, 6) is 0. The van der Waals surface area contributed by atoms with E-state index in [2.05, 4.69) is 41.2 Å². The van der Waals surface area contributed by atoms with E-state index in [9.17, 15) is 5.11 Å². The largest absolute Gasteiger partial charge is 0.385 e. The molecule has 2 unspecified atom stereocenters. The molecule has 1 aromatic carbocycles. The molecule has 2 atom stereocenters.